The van der Waals surface area contributed by atoms with Gasteiger partial charge in [0.15, 0.2) is 0 Å². The van der Waals surface area contributed by atoms with Crippen LogP contribution < -0.4 is 10.2 Å². The average Bonchev–Trinajstić information content (AvgIpc) is 3.41. The molecule has 3 heterocycles. The first-order valence-electron chi connectivity index (χ1n) is 12.5. The fourth-order valence-corrected chi connectivity index (χ4v) is 5.62. The highest BCUT2D eigenvalue weighted by Gasteiger charge is 2.65. The van der Waals surface area contributed by atoms with Crippen LogP contribution in [0, 0.1) is 11.8 Å². The highest BCUT2D eigenvalue weighted by Crippen LogP contribution is 2.45. The van der Waals surface area contributed by atoms with Crippen molar-refractivity contribution in [1.82, 2.24) is 15.1 Å². The van der Waals surface area contributed by atoms with Gasteiger partial charge in [-0.1, -0.05) is 60.7 Å². The van der Waals surface area contributed by atoms with E-state index in [0.717, 1.165) is 5.56 Å². The lowest BCUT2D eigenvalue weighted by molar-refractivity contribution is -0.149. The number of hydrogen-bond donors (Lipinski definition) is 1. The van der Waals surface area contributed by atoms with Crippen molar-refractivity contribution in [2.75, 3.05) is 44.8 Å². The monoisotopic (exact) mass is 502 g/mol. The first kappa shape index (κ1) is 24.9. The molecule has 192 valence electrons. The fourth-order valence-electron chi connectivity index (χ4n) is 5.62. The summed E-state index contributed by atoms with van der Waals surface area (Å²) in [5.74, 6) is -3.48. The Morgan fingerprint density at radius 2 is 1.57 bits per heavy atom. The van der Waals surface area contributed by atoms with Crippen LogP contribution in [-0.2, 0) is 23.9 Å². The summed E-state index contributed by atoms with van der Waals surface area (Å²) in [6.07, 6.45) is 3.60. The number of carbonyl (C=O) groups excluding carboxylic acids is 4. The number of anilines is 1. The molecule has 2 aromatic carbocycles. The molecular formula is C28H30N4O5. The SMILES string of the molecule is COCC(=O)N1C(C=Cc2ccccc2)C2C(=O)N(c3ccccc3)C(=O)C2C1C(=O)N1CCNCC1. The number of fused-ring (bicyclic) bond motifs is 1. The molecule has 4 amide bonds. The molecule has 3 aliphatic rings. The number of nitrogens with zero attached hydrogens (tertiary/aromatic N) is 3. The molecule has 9 nitrogen and oxygen atoms in total. The van der Waals surface area contributed by atoms with Crippen molar-refractivity contribution >= 4 is 35.4 Å². The van der Waals surface area contributed by atoms with E-state index in [0.29, 0.717) is 31.9 Å². The van der Waals surface area contributed by atoms with Crippen molar-refractivity contribution in [3.8, 4) is 0 Å². The summed E-state index contributed by atoms with van der Waals surface area (Å²) < 4.78 is 5.14. The summed E-state index contributed by atoms with van der Waals surface area (Å²) in [6, 6.07) is 16.3. The number of para-hydroxylation sites is 1. The van der Waals surface area contributed by atoms with Gasteiger partial charge in [0.1, 0.15) is 12.6 Å². The number of carbonyl (C=O) groups is 4. The van der Waals surface area contributed by atoms with Crippen molar-refractivity contribution in [2.24, 2.45) is 11.8 Å². The van der Waals surface area contributed by atoms with Gasteiger partial charge in [-0.25, -0.2) is 4.90 Å². The van der Waals surface area contributed by atoms with Crippen molar-refractivity contribution < 1.29 is 23.9 Å². The lowest BCUT2D eigenvalue weighted by atomic mass is 9.88. The number of methoxy groups -OCH3 is 1. The number of amides is 4. The molecule has 0 aromatic heterocycles. The van der Waals surface area contributed by atoms with E-state index in [1.165, 1.54) is 16.9 Å². The van der Waals surface area contributed by atoms with Gasteiger partial charge in [-0.3, -0.25) is 19.2 Å². The highest BCUT2D eigenvalue weighted by molar-refractivity contribution is 6.24. The van der Waals surface area contributed by atoms with Crippen LogP contribution in [-0.4, -0.2) is 85.4 Å². The third-order valence-corrected chi connectivity index (χ3v) is 7.26. The number of benzene rings is 2. The largest absolute Gasteiger partial charge is 0.375 e. The Hall–Kier alpha value is -3.82. The minimum absolute atomic E-state index is 0.259. The summed E-state index contributed by atoms with van der Waals surface area (Å²) >= 11 is 0. The summed E-state index contributed by atoms with van der Waals surface area (Å²) in [5, 5.41) is 3.22. The Morgan fingerprint density at radius 1 is 0.946 bits per heavy atom. The Balaban J connectivity index is 1.60. The topological polar surface area (TPSA) is 99.3 Å². The number of ether oxygens (including phenoxy) is 1. The second-order valence-corrected chi connectivity index (χ2v) is 9.41. The van der Waals surface area contributed by atoms with Gasteiger partial charge in [0.25, 0.3) is 0 Å². The van der Waals surface area contributed by atoms with E-state index in [4.69, 9.17) is 4.74 Å². The molecule has 4 atom stereocenters. The Morgan fingerprint density at radius 3 is 2.22 bits per heavy atom. The molecule has 37 heavy (non-hydrogen) atoms. The number of nitrogens with one attached hydrogen (secondary N) is 1. The molecule has 9 heteroatoms. The number of imide groups is 1. The van der Waals surface area contributed by atoms with Crippen LogP contribution >= 0.6 is 0 Å². The minimum atomic E-state index is -1.10. The Labute approximate surface area is 215 Å². The first-order chi connectivity index (χ1) is 18.0. The van der Waals surface area contributed by atoms with E-state index >= 15 is 0 Å². The molecule has 0 radical (unpaired) electrons. The molecule has 0 saturated carbocycles. The predicted octanol–water partition coefficient (Wildman–Crippen LogP) is 1.16. The third kappa shape index (κ3) is 4.56. The maximum atomic E-state index is 13.9. The van der Waals surface area contributed by atoms with Crippen LogP contribution in [0.15, 0.2) is 66.7 Å². The summed E-state index contributed by atoms with van der Waals surface area (Å²) in [7, 11) is 1.41. The summed E-state index contributed by atoms with van der Waals surface area (Å²) in [5.41, 5.74) is 1.34. The van der Waals surface area contributed by atoms with Crippen LogP contribution in [0.1, 0.15) is 5.56 Å². The zero-order chi connectivity index (χ0) is 25.9. The maximum absolute atomic E-state index is 13.9. The lowest BCUT2D eigenvalue weighted by Gasteiger charge is -2.36. The molecule has 2 aromatic rings. The van der Waals surface area contributed by atoms with Gasteiger partial charge in [-0.05, 0) is 17.7 Å². The summed E-state index contributed by atoms with van der Waals surface area (Å²) in [6.45, 7) is 1.92. The standard InChI is InChI=1S/C28H30N4O5/c1-37-18-22(33)32-21(13-12-19-8-4-2-5-9-19)23-24(25(32)28(36)30-16-14-29-15-17-30)27(35)31(26(23)34)20-10-6-3-7-11-20/h2-13,21,23-25,29H,14-18H2,1H3. The van der Waals surface area contributed by atoms with Gasteiger partial charge in [0.2, 0.25) is 23.6 Å². The smallest absolute Gasteiger partial charge is 0.249 e. The van der Waals surface area contributed by atoms with Crippen LogP contribution in [0.5, 0.6) is 0 Å². The quantitative estimate of drug-likeness (QED) is 0.596. The van der Waals surface area contributed by atoms with Gasteiger partial charge in [0, 0.05) is 33.3 Å². The van der Waals surface area contributed by atoms with Gasteiger partial charge in [-0.15, -0.1) is 0 Å². The molecule has 0 spiro atoms. The number of likely N-dealkylation sites (tertiary alicyclic amines) is 1. The maximum Gasteiger partial charge on any atom is 0.249 e. The highest BCUT2D eigenvalue weighted by atomic mass is 16.5. The molecular weight excluding hydrogens is 472 g/mol. The third-order valence-electron chi connectivity index (χ3n) is 7.26. The molecule has 0 aliphatic carbocycles. The Bertz CT molecular complexity index is 1200. The van der Waals surface area contributed by atoms with Crippen molar-refractivity contribution in [3.63, 3.8) is 0 Å². The lowest BCUT2D eigenvalue weighted by Crippen LogP contribution is -2.57. The molecule has 3 fully saturated rings. The van der Waals surface area contributed by atoms with Gasteiger partial charge >= 0.3 is 0 Å². The van der Waals surface area contributed by atoms with Crippen LogP contribution in [0.2, 0.25) is 0 Å². The molecule has 5 rings (SSSR count). The average molecular weight is 503 g/mol. The minimum Gasteiger partial charge on any atom is -0.375 e. The molecule has 4 unspecified atom stereocenters. The zero-order valence-corrected chi connectivity index (χ0v) is 20.7. The second-order valence-electron chi connectivity index (χ2n) is 9.41. The van der Waals surface area contributed by atoms with E-state index < -0.39 is 41.6 Å². The van der Waals surface area contributed by atoms with Gasteiger partial charge in [0.05, 0.1) is 23.6 Å². The van der Waals surface area contributed by atoms with Crippen molar-refractivity contribution in [1.29, 1.82) is 0 Å². The second kappa shape index (κ2) is 10.7. The van der Waals surface area contributed by atoms with Crippen LogP contribution in [0.4, 0.5) is 5.69 Å². The molecule has 1 N–H and O–H groups in total. The normalized spacial score (nSPS) is 25.7. The van der Waals surface area contributed by atoms with Crippen LogP contribution in [0.3, 0.4) is 0 Å². The van der Waals surface area contributed by atoms with E-state index in [9.17, 15) is 19.2 Å². The number of piperazine rings is 1. The van der Waals surface area contributed by atoms with E-state index in [1.807, 2.05) is 42.5 Å². The van der Waals surface area contributed by atoms with Gasteiger partial charge < -0.3 is 19.9 Å². The first-order valence-corrected chi connectivity index (χ1v) is 12.5. The predicted molar refractivity (Wildman–Crippen MR) is 137 cm³/mol. The van der Waals surface area contributed by atoms with E-state index in [2.05, 4.69) is 5.32 Å². The van der Waals surface area contributed by atoms with Crippen molar-refractivity contribution in [3.05, 3.63) is 72.3 Å². The van der Waals surface area contributed by atoms with Crippen LogP contribution in [0.25, 0.3) is 6.08 Å². The number of rotatable bonds is 6. The zero-order valence-electron chi connectivity index (χ0n) is 20.7. The van der Waals surface area contributed by atoms with Gasteiger partial charge in [-0.2, -0.15) is 0 Å². The van der Waals surface area contributed by atoms with E-state index in [-0.39, 0.29) is 12.5 Å². The Kier molecular flexibility index (Phi) is 7.16. The molecule has 0 bridgehead atoms. The van der Waals surface area contributed by atoms with Crippen molar-refractivity contribution in [2.45, 2.75) is 12.1 Å². The molecule has 3 aliphatic heterocycles. The number of hydrogen-bond acceptors (Lipinski definition) is 6. The molecule has 3 saturated heterocycles. The van der Waals surface area contributed by atoms with E-state index in [1.54, 1.807) is 35.2 Å². The summed E-state index contributed by atoms with van der Waals surface area (Å²) in [4.78, 5) is 59.3. The fraction of sp³-hybridized carbons (Fsp3) is 0.357.